The van der Waals surface area contributed by atoms with Crippen LogP contribution >= 0.6 is 23.1 Å². The summed E-state index contributed by atoms with van der Waals surface area (Å²) < 4.78 is 0. The molecule has 154 valence electrons. The number of hydrogen-bond acceptors (Lipinski definition) is 5. The van der Waals surface area contributed by atoms with E-state index in [2.05, 4.69) is 10.6 Å². The lowest BCUT2D eigenvalue weighted by Gasteiger charge is -2.25. The molecule has 2 atom stereocenters. The summed E-state index contributed by atoms with van der Waals surface area (Å²) in [6, 6.07) is 8.68. The molecule has 1 aromatic carbocycles. The van der Waals surface area contributed by atoms with Crippen LogP contribution < -0.4 is 10.6 Å². The van der Waals surface area contributed by atoms with E-state index in [0.29, 0.717) is 11.6 Å². The van der Waals surface area contributed by atoms with Crippen LogP contribution in [-0.4, -0.2) is 40.3 Å². The van der Waals surface area contributed by atoms with Gasteiger partial charge in [-0.2, -0.15) is 0 Å². The first-order chi connectivity index (χ1) is 13.8. The van der Waals surface area contributed by atoms with Crippen LogP contribution in [0, 0.1) is 13.8 Å². The van der Waals surface area contributed by atoms with Gasteiger partial charge in [-0.3, -0.25) is 14.4 Å². The number of benzene rings is 1. The number of thioether (sulfide) groups is 1. The molecule has 2 heterocycles. The van der Waals surface area contributed by atoms with Crippen molar-refractivity contribution in [1.29, 1.82) is 0 Å². The van der Waals surface area contributed by atoms with Crippen LogP contribution in [0.3, 0.4) is 0 Å². The lowest BCUT2D eigenvalue weighted by Crippen LogP contribution is -2.45. The molecule has 3 rings (SSSR count). The van der Waals surface area contributed by atoms with Gasteiger partial charge in [0.05, 0.1) is 18.3 Å². The van der Waals surface area contributed by atoms with Crippen molar-refractivity contribution < 1.29 is 14.4 Å². The standard InChI is InChI=1S/C21H25N3O3S2/c1-13-6-7-16(9-14(13)2)23-21(27)18-11-28-12-24(18)20(26)10-17(22-15(3)25)19-5-4-8-29-19/h4-9,17-18H,10-12H2,1-3H3,(H,22,25)(H,23,27). The van der Waals surface area contributed by atoms with E-state index in [9.17, 15) is 14.4 Å². The summed E-state index contributed by atoms with van der Waals surface area (Å²) in [6.45, 7) is 5.46. The first-order valence-corrected chi connectivity index (χ1v) is 11.4. The van der Waals surface area contributed by atoms with E-state index in [-0.39, 0.29) is 30.2 Å². The maximum absolute atomic E-state index is 13.0. The van der Waals surface area contributed by atoms with Gasteiger partial charge in [0.2, 0.25) is 17.7 Å². The smallest absolute Gasteiger partial charge is 0.248 e. The number of carbonyl (C=O) groups is 3. The third-order valence-electron chi connectivity index (χ3n) is 4.92. The highest BCUT2D eigenvalue weighted by atomic mass is 32.2. The van der Waals surface area contributed by atoms with Crippen molar-refractivity contribution in [1.82, 2.24) is 10.2 Å². The van der Waals surface area contributed by atoms with Crippen LogP contribution in [0.25, 0.3) is 0 Å². The van der Waals surface area contributed by atoms with E-state index < -0.39 is 6.04 Å². The van der Waals surface area contributed by atoms with Gasteiger partial charge in [0.25, 0.3) is 0 Å². The second-order valence-corrected chi connectivity index (χ2v) is 9.12. The summed E-state index contributed by atoms with van der Waals surface area (Å²) in [7, 11) is 0. The molecule has 1 aliphatic heterocycles. The van der Waals surface area contributed by atoms with Gasteiger partial charge >= 0.3 is 0 Å². The molecule has 0 radical (unpaired) electrons. The van der Waals surface area contributed by atoms with E-state index in [1.807, 2.05) is 49.6 Å². The quantitative estimate of drug-likeness (QED) is 0.734. The third-order valence-corrected chi connectivity index (χ3v) is 6.92. The number of amides is 3. The van der Waals surface area contributed by atoms with Crippen molar-refractivity contribution in [3.63, 3.8) is 0 Å². The van der Waals surface area contributed by atoms with Gasteiger partial charge in [-0.15, -0.1) is 23.1 Å². The van der Waals surface area contributed by atoms with Crippen molar-refractivity contribution in [3.05, 3.63) is 51.7 Å². The van der Waals surface area contributed by atoms with Gasteiger partial charge in [-0.25, -0.2) is 0 Å². The van der Waals surface area contributed by atoms with Gasteiger partial charge in [-0.05, 0) is 48.6 Å². The molecule has 2 N–H and O–H groups in total. The van der Waals surface area contributed by atoms with Crippen LogP contribution in [0.15, 0.2) is 35.7 Å². The summed E-state index contributed by atoms with van der Waals surface area (Å²) in [6.07, 6.45) is 0.133. The topological polar surface area (TPSA) is 78.5 Å². The number of nitrogens with zero attached hydrogens (tertiary/aromatic N) is 1. The first kappa shape index (κ1) is 21.4. The Balaban J connectivity index is 1.68. The summed E-state index contributed by atoms with van der Waals surface area (Å²) in [5, 5.41) is 7.70. The van der Waals surface area contributed by atoms with Crippen molar-refractivity contribution in [3.8, 4) is 0 Å². The molecule has 8 heteroatoms. The van der Waals surface area contributed by atoms with Crippen LogP contribution in [0.2, 0.25) is 0 Å². The van der Waals surface area contributed by atoms with Gasteiger partial charge in [-0.1, -0.05) is 12.1 Å². The summed E-state index contributed by atoms with van der Waals surface area (Å²) >= 11 is 3.06. The highest BCUT2D eigenvalue weighted by Crippen LogP contribution is 2.28. The van der Waals surface area contributed by atoms with E-state index in [1.165, 1.54) is 18.3 Å². The Kier molecular flexibility index (Phi) is 6.97. The van der Waals surface area contributed by atoms with Crippen molar-refractivity contribution in [2.24, 2.45) is 0 Å². The number of rotatable bonds is 6. The third kappa shape index (κ3) is 5.39. The fraction of sp³-hybridized carbons (Fsp3) is 0.381. The highest BCUT2D eigenvalue weighted by Gasteiger charge is 2.35. The van der Waals surface area contributed by atoms with Crippen molar-refractivity contribution in [2.75, 3.05) is 16.9 Å². The van der Waals surface area contributed by atoms with E-state index in [0.717, 1.165) is 21.7 Å². The average Bonchev–Trinajstić information content (AvgIpc) is 3.35. The number of nitrogens with one attached hydrogen (secondary N) is 2. The molecule has 1 aliphatic rings. The zero-order valence-corrected chi connectivity index (χ0v) is 18.4. The molecular weight excluding hydrogens is 406 g/mol. The van der Waals surface area contributed by atoms with Gasteiger partial charge in [0.1, 0.15) is 6.04 Å². The summed E-state index contributed by atoms with van der Waals surface area (Å²) in [5.41, 5.74) is 3.00. The maximum Gasteiger partial charge on any atom is 0.248 e. The highest BCUT2D eigenvalue weighted by molar-refractivity contribution is 7.99. The van der Waals surface area contributed by atoms with Crippen LogP contribution in [-0.2, 0) is 14.4 Å². The lowest BCUT2D eigenvalue weighted by atomic mass is 10.1. The molecule has 1 saturated heterocycles. The minimum Gasteiger partial charge on any atom is -0.348 e. The fourth-order valence-corrected chi connectivity index (χ4v) is 5.16. The first-order valence-electron chi connectivity index (χ1n) is 9.41. The Bertz CT molecular complexity index is 899. The summed E-state index contributed by atoms with van der Waals surface area (Å²) in [4.78, 5) is 39.9. The number of aryl methyl sites for hydroxylation is 2. The molecule has 3 amide bonds. The molecule has 2 aromatic rings. The Hall–Kier alpha value is -2.32. The fourth-order valence-electron chi connectivity index (χ4n) is 3.20. The normalized spacial score (nSPS) is 17.1. The van der Waals surface area contributed by atoms with Gasteiger partial charge < -0.3 is 15.5 Å². The molecule has 1 fully saturated rings. The van der Waals surface area contributed by atoms with Crippen LogP contribution in [0.4, 0.5) is 5.69 Å². The number of thiophene rings is 1. The van der Waals surface area contributed by atoms with Crippen molar-refractivity contribution >= 4 is 46.5 Å². The van der Waals surface area contributed by atoms with Gasteiger partial charge in [0, 0.05) is 23.2 Å². The second kappa shape index (κ2) is 9.45. The molecule has 6 nitrogen and oxygen atoms in total. The minimum absolute atomic E-state index is 0.133. The lowest BCUT2D eigenvalue weighted by molar-refractivity contribution is -0.136. The Morgan fingerprint density at radius 3 is 2.66 bits per heavy atom. The predicted octanol–water partition coefficient (Wildman–Crippen LogP) is 3.47. The summed E-state index contributed by atoms with van der Waals surface area (Å²) in [5.74, 6) is 0.532. The van der Waals surface area contributed by atoms with Crippen molar-refractivity contribution in [2.45, 2.75) is 39.3 Å². The number of anilines is 1. The molecule has 0 aliphatic carbocycles. The Morgan fingerprint density at radius 1 is 1.21 bits per heavy atom. The zero-order chi connectivity index (χ0) is 21.0. The zero-order valence-electron chi connectivity index (χ0n) is 16.7. The molecule has 2 unspecified atom stereocenters. The second-order valence-electron chi connectivity index (χ2n) is 7.14. The average molecular weight is 432 g/mol. The molecule has 29 heavy (non-hydrogen) atoms. The molecule has 0 bridgehead atoms. The molecular formula is C21H25N3O3S2. The SMILES string of the molecule is CC(=O)NC(CC(=O)N1CSCC1C(=O)Nc1ccc(C)c(C)c1)c1cccs1. The number of hydrogen-bond donors (Lipinski definition) is 2. The Morgan fingerprint density at radius 2 is 2.00 bits per heavy atom. The maximum atomic E-state index is 13.0. The Labute approximate surface area is 179 Å². The predicted molar refractivity (Wildman–Crippen MR) is 118 cm³/mol. The molecule has 0 spiro atoms. The van der Waals surface area contributed by atoms with Crippen LogP contribution in [0.5, 0.6) is 0 Å². The molecule has 1 aromatic heterocycles. The van der Waals surface area contributed by atoms with E-state index in [4.69, 9.17) is 0 Å². The van der Waals surface area contributed by atoms with E-state index in [1.54, 1.807) is 16.7 Å². The number of carbonyl (C=O) groups excluding carboxylic acids is 3. The minimum atomic E-state index is -0.518. The largest absolute Gasteiger partial charge is 0.348 e. The van der Waals surface area contributed by atoms with E-state index >= 15 is 0 Å². The van der Waals surface area contributed by atoms with Crippen LogP contribution in [0.1, 0.15) is 35.4 Å². The monoisotopic (exact) mass is 431 g/mol. The molecule has 0 saturated carbocycles. The van der Waals surface area contributed by atoms with Gasteiger partial charge in [0.15, 0.2) is 0 Å².